The van der Waals surface area contributed by atoms with Gasteiger partial charge in [-0.3, -0.25) is 14.9 Å². The fourth-order valence-corrected chi connectivity index (χ4v) is 1.98. The van der Waals surface area contributed by atoms with E-state index in [0.717, 1.165) is 0 Å². The number of phenols is 1. The molecule has 0 aliphatic carbocycles. The SMILES string of the molecule is COc1ccc(NC(=O)Cc2ccccc2[N+](=O)[O-])cc1O. The summed E-state index contributed by atoms with van der Waals surface area (Å²) in [5.74, 6) is -0.235. The zero-order valence-corrected chi connectivity index (χ0v) is 11.8. The van der Waals surface area contributed by atoms with Gasteiger partial charge in [0.25, 0.3) is 5.69 Å². The van der Waals surface area contributed by atoms with Crippen LogP contribution >= 0.6 is 0 Å². The Morgan fingerprint density at radius 3 is 2.68 bits per heavy atom. The highest BCUT2D eigenvalue weighted by atomic mass is 16.6. The molecule has 7 heteroatoms. The van der Waals surface area contributed by atoms with E-state index in [0.29, 0.717) is 11.3 Å². The molecule has 0 saturated heterocycles. The molecule has 0 fully saturated rings. The largest absolute Gasteiger partial charge is 0.504 e. The number of aromatic hydroxyl groups is 1. The highest BCUT2D eigenvalue weighted by Crippen LogP contribution is 2.28. The number of nitro benzene ring substituents is 1. The molecule has 2 rings (SSSR count). The van der Waals surface area contributed by atoms with Gasteiger partial charge >= 0.3 is 0 Å². The Morgan fingerprint density at radius 1 is 1.32 bits per heavy atom. The number of amides is 1. The highest BCUT2D eigenvalue weighted by Gasteiger charge is 2.15. The number of para-hydroxylation sites is 1. The third kappa shape index (κ3) is 3.51. The van der Waals surface area contributed by atoms with Gasteiger partial charge in [0.2, 0.25) is 5.91 Å². The van der Waals surface area contributed by atoms with E-state index in [1.165, 1.54) is 31.4 Å². The van der Waals surface area contributed by atoms with Crippen LogP contribution in [0.1, 0.15) is 5.56 Å². The van der Waals surface area contributed by atoms with Gasteiger partial charge in [-0.2, -0.15) is 0 Å². The lowest BCUT2D eigenvalue weighted by Gasteiger charge is -2.08. The maximum atomic E-state index is 12.0. The van der Waals surface area contributed by atoms with Gasteiger partial charge in [-0.1, -0.05) is 18.2 Å². The fourth-order valence-electron chi connectivity index (χ4n) is 1.98. The number of rotatable bonds is 5. The van der Waals surface area contributed by atoms with Gasteiger partial charge in [0.05, 0.1) is 18.5 Å². The lowest BCUT2D eigenvalue weighted by molar-refractivity contribution is -0.385. The summed E-state index contributed by atoms with van der Waals surface area (Å²) in [4.78, 5) is 22.4. The summed E-state index contributed by atoms with van der Waals surface area (Å²) in [6, 6.07) is 10.5. The zero-order valence-electron chi connectivity index (χ0n) is 11.8. The number of benzene rings is 2. The maximum absolute atomic E-state index is 12.0. The van der Waals surface area contributed by atoms with Crippen molar-refractivity contribution in [2.24, 2.45) is 0 Å². The van der Waals surface area contributed by atoms with Crippen molar-refractivity contribution in [3.8, 4) is 11.5 Å². The van der Waals surface area contributed by atoms with E-state index in [9.17, 15) is 20.0 Å². The summed E-state index contributed by atoms with van der Waals surface area (Å²) < 4.78 is 4.91. The van der Waals surface area contributed by atoms with Gasteiger partial charge in [-0.25, -0.2) is 0 Å². The summed E-state index contributed by atoms with van der Waals surface area (Å²) in [5, 5.41) is 23.1. The molecule has 2 N–H and O–H groups in total. The lowest BCUT2D eigenvalue weighted by Crippen LogP contribution is -2.15. The van der Waals surface area contributed by atoms with Crippen molar-refractivity contribution in [1.82, 2.24) is 0 Å². The van der Waals surface area contributed by atoms with E-state index in [4.69, 9.17) is 4.74 Å². The number of carbonyl (C=O) groups excluding carboxylic acids is 1. The van der Waals surface area contributed by atoms with Gasteiger partial charge in [0.1, 0.15) is 0 Å². The van der Waals surface area contributed by atoms with Crippen molar-refractivity contribution in [3.05, 3.63) is 58.1 Å². The average molecular weight is 302 g/mol. The van der Waals surface area contributed by atoms with Crippen molar-refractivity contribution in [3.63, 3.8) is 0 Å². The molecule has 2 aromatic carbocycles. The van der Waals surface area contributed by atoms with Gasteiger partial charge in [0, 0.05) is 23.4 Å². The first kappa shape index (κ1) is 15.3. The zero-order chi connectivity index (χ0) is 16.1. The molecule has 7 nitrogen and oxygen atoms in total. The van der Waals surface area contributed by atoms with Crippen molar-refractivity contribution in [1.29, 1.82) is 0 Å². The molecule has 0 heterocycles. The number of hydrogen-bond donors (Lipinski definition) is 2. The lowest BCUT2D eigenvalue weighted by atomic mass is 10.1. The molecule has 0 radical (unpaired) electrons. The molecule has 0 atom stereocenters. The molecule has 0 spiro atoms. The van der Waals surface area contributed by atoms with Crippen LogP contribution < -0.4 is 10.1 Å². The van der Waals surface area contributed by atoms with Gasteiger partial charge in [-0.05, 0) is 12.1 Å². The van der Waals surface area contributed by atoms with E-state index in [-0.39, 0.29) is 23.6 Å². The maximum Gasteiger partial charge on any atom is 0.273 e. The predicted molar refractivity (Wildman–Crippen MR) is 80.1 cm³/mol. The summed E-state index contributed by atoms with van der Waals surface area (Å²) in [5.41, 5.74) is 0.597. The minimum Gasteiger partial charge on any atom is -0.504 e. The van der Waals surface area contributed by atoms with E-state index < -0.39 is 10.8 Å². The molecule has 0 saturated carbocycles. The number of ether oxygens (including phenoxy) is 1. The Labute approximate surface area is 126 Å². The molecule has 0 unspecified atom stereocenters. The van der Waals surface area contributed by atoms with E-state index in [1.807, 2.05) is 0 Å². The van der Waals surface area contributed by atoms with Crippen LogP contribution in [0.3, 0.4) is 0 Å². The number of nitro groups is 1. The molecule has 0 aliphatic rings. The smallest absolute Gasteiger partial charge is 0.273 e. The Balaban J connectivity index is 2.11. The number of nitrogens with zero attached hydrogens (tertiary/aromatic N) is 1. The van der Waals surface area contributed by atoms with Crippen molar-refractivity contribution < 1.29 is 19.6 Å². The second-order valence-corrected chi connectivity index (χ2v) is 4.50. The third-order valence-corrected chi connectivity index (χ3v) is 3.00. The first-order chi connectivity index (χ1) is 10.5. The van der Waals surface area contributed by atoms with Gasteiger partial charge in [-0.15, -0.1) is 0 Å². The van der Waals surface area contributed by atoms with Crippen LogP contribution in [0.15, 0.2) is 42.5 Å². The van der Waals surface area contributed by atoms with Crippen LogP contribution in [0.2, 0.25) is 0 Å². The molecule has 22 heavy (non-hydrogen) atoms. The molecule has 1 amide bonds. The summed E-state index contributed by atoms with van der Waals surface area (Å²) in [7, 11) is 1.42. The van der Waals surface area contributed by atoms with Crippen LogP contribution in [0.4, 0.5) is 11.4 Å². The Bertz CT molecular complexity index is 715. The number of anilines is 1. The number of phenolic OH excluding ortho intramolecular Hbond substituents is 1. The molecule has 0 bridgehead atoms. The molecular formula is C15H14N2O5. The van der Waals surface area contributed by atoms with Crippen LogP contribution in [0.5, 0.6) is 11.5 Å². The fraction of sp³-hybridized carbons (Fsp3) is 0.133. The Kier molecular flexibility index (Phi) is 4.57. The van der Waals surface area contributed by atoms with Crippen LogP contribution in [0.25, 0.3) is 0 Å². The first-order valence-electron chi connectivity index (χ1n) is 6.40. The number of carbonyl (C=O) groups is 1. The van der Waals surface area contributed by atoms with Crippen molar-refractivity contribution in [2.75, 3.05) is 12.4 Å². The minimum absolute atomic E-state index is 0.102. The van der Waals surface area contributed by atoms with Gasteiger partial charge < -0.3 is 15.2 Å². The number of nitrogens with one attached hydrogen (secondary N) is 1. The van der Waals surface area contributed by atoms with Crippen LogP contribution in [-0.2, 0) is 11.2 Å². The van der Waals surface area contributed by atoms with E-state index in [2.05, 4.69) is 5.32 Å². The highest BCUT2D eigenvalue weighted by molar-refractivity contribution is 5.93. The first-order valence-corrected chi connectivity index (χ1v) is 6.40. The third-order valence-electron chi connectivity index (χ3n) is 3.00. The summed E-state index contributed by atoms with van der Waals surface area (Å²) in [6.45, 7) is 0. The Morgan fingerprint density at radius 2 is 2.05 bits per heavy atom. The van der Waals surface area contributed by atoms with Crippen molar-refractivity contribution in [2.45, 2.75) is 6.42 Å². The van der Waals surface area contributed by atoms with Crippen molar-refractivity contribution >= 4 is 17.3 Å². The average Bonchev–Trinajstić information content (AvgIpc) is 2.47. The monoisotopic (exact) mass is 302 g/mol. The van der Waals surface area contributed by atoms with Gasteiger partial charge in [0.15, 0.2) is 11.5 Å². The number of methoxy groups -OCH3 is 1. The van der Waals surface area contributed by atoms with Crippen LogP contribution in [0, 0.1) is 10.1 Å². The van der Waals surface area contributed by atoms with E-state index >= 15 is 0 Å². The predicted octanol–water partition coefficient (Wildman–Crippen LogP) is 2.49. The second kappa shape index (κ2) is 6.57. The second-order valence-electron chi connectivity index (χ2n) is 4.50. The molecule has 0 aromatic heterocycles. The summed E-state index contributed by atoms with van der Waals surface area (Å²) >= 11 is 0. The molecule has 0 aliphatic heterocycles. The number of hydrogen-bond acceptors (Lipinski definition) is 5. The standard InChI is InChI=1S/C15H14N2O5/c1-22-14-7-6-11(9-13(14)18)16-15(19)8-10-4-2-3-5-12(10)17(20)21/h2-7,9,18H,8H2,1H3,(H,16,19). The van der Waals surface area contributed by atoms with E-state index in [1.54, 1.807) is 18.2 Å². The van der Waals surface area contributed by atoms with Crippen LogP contribution in [-0.4, -0.2) is 23.0 Å². The molecule has 2 aromatic rings. The molecule has 114 valence electrons. The normalized spacial score (nSPS) is 10.0. The summed E-state index contributed by atoms with van der Waals surface area (Å²) in [6.07, 6.45) is -0.135. The molecular weight excluding hydrogens is 288 g/mol. The quantitative estimate of drug-likeness (QED) is 0.652. The Hall–Kier alpha value is -3.09. The topological polar surface area (TPSA) is 102 Å². The minimum atomic E-state index is -0.526.